The van der Waals surface area contributed by atoms with Crippen LogP contribution in [0.5, 0.6) is 0 Å². The molecule has 1 atom stereocenters. The molecule has 2 aromatic carbocycles. The van der Waals surface area contributed by atoms with E-state index >= 15 is 0 Å². The molecule has 0 fully saturated rings. The molecular formula is C22H23BrN2. The van der Waals surface area contributed by atoms with Crippen LogP contribution < -0.4 is 4.90 Å². The molecular weight excluding hydrogens is 372 g/mol. The van der Waals surface area contributed by atoms with E-state index in [1.807, 2.05) is 30.3 Å². The Morgan fingerprint density at radius 3 is 2.72 bits per heavy atom. The van der Waals surface area contributed by atoms with Gasteiger partial charge >= 0.3 is 0 Å². The van der Waals surface area contributed by atoms with Crippen molar-refractivity contribution < 1.29 is 0 Å². The predicted molar refractivity (Wildman–Crippen MR) is 110 cm³/mol. The molecule has 0 saturated heterocycles. The summed E-state index contributed by atoms with van der Waals surface area (Å²) in [5.74, 6) is 0.506. The molecule has 0 aromatic heterocycles. The van der Waals surface area contributed by atoms with E-state index in [4.69, 9.17) is 0 Å². The monoisotopic (exact) mass is 394 g/mol. The second-order valence-corrected chi connectivity index (χ2v) is 8.39. The van der Waals surface area contributed by atoms with Crippen molar-refractivity contribution >= 4 is 33.3 Å². The molecule has 0 amide bonds. The van der Waals surface area contributed by atoms with Gasteiger partial charge in [0.25, 0.3) is 0 Å². The van der Waals surface area contributed by atoms with Gasteiger partial charge in [-0.3, -0.25) is 0 Å². The number of anilines is 1. The van der Waals surface area contributed by atoms with Crippen LogP contribution in [0.2, 0.25) is 0 Å². The van der Waals surface area contributed by atoms with Gasteiger partial charge in [0, 0.05) is 22.7 Å². The molecule has 0 aliphatic carbocycles. The maximum absolute atomic E-state index is 9.59. The smallest absolute Gasteiger partial charge is 0.0998 e. The zero-order chi connectivity index (χ0) is 18.2. The summed E-state index contributed by atoms with van der Waals surface area (Å²) in [6, 6.07) is 16.7. The lowest BCUT2D eigenvalue weighted by Gasteiger charge is -2.45. The fourth-order valence-corrected chi connectivity index (χ4v) is 4.09. The lowest BCUT2D eigenvalue weighted by atomic mass is 9.80. The van der Waals surface area contributed by atoms with Gasteiger partial charge < -0.3 is 4.90 Å². The molecule has 0 radical (unpaired) electrons. The third-order valence-corrected chi connectivity index (χ3v) is 5.72. The molecule has 3 rings (SSSR count). The Hall–Kier alpha value is -2.05. The minimum atomic E-state index is 0.165. The van der Waals surface area contributed by atoms with Crippen molar-refractivity contribution in [3.05, 3.63) is 63.6 Å². The second kappa shape index (κ2) is 6.69. The van der Waals surface area contributed by atoms with Gasteiger partial charge in [0.05, 0.1) is 11.6 Å². The minimum Gasteiger partial charge on any atom is -0.369 e. The van der Waals surface area contributed by atoms with Crippen LogP contribution in [0.15, 0.2) is 46.9 Å². The lowest BCUT2D eigenvalue weighted by molar-refractivity contribution is 0.395. The number of hydrogen-bond acceptors (Lipinski definition) is 2. The number of nitriles is 1. The Morgan fingerprint density at radius 1 is 1.28 bits per heavy atom. The van der Waals surface area contributed by atoms with E-state index in [9.17, 15) is 5.26 Å². The van der Waals surface area contributed by atoms with Crippen molar-refractivity contribution in [2.75, 3.05) is 11.9 Å². The predicted octanol–water partition coefficient (Wildman–Crippen LogP) is 6.24. The largest absolute Gasteiger partial charge is 0.369 e. The number of fused-ring (bicyclic) bond motifs is 1. The van der Waals surface area contributed by atoms with Gasteiger partial charge in [0.2, 0.25) is 0 Å². The summed E-state index contributed by atoms with van der Waals surface area (Å²) in [6.45, 7) is 6.88. The first-order valence-electron chi connectivity index (χ1n) is 8.57. The van der Waals surface area contributed by atoms with Gasteiger partial charge in [-0.05, 0) is 73.2 Å². The molecule has 2 nitrogen and oxygen atoms in total. The third-order valence-electron chi connectivity index (χ3n) is 5.22. The van der Waals surface area contributed by atoms with Crippen LogP contribution in [0.4, 0.5) is 5.69 Å². The molecule has 25 heavy (non-hydrogen) atoms. The molecule has 1 heterocycles. The van der Waals surface area contributed by atoms with Gasteiger partial charge in [0.15, 0.2) is 0 Å². The maximum atomic E-state index is 9.59. The Bertz CT molecular complexity index is 874. The van der Waals surface area contributed by atoms with Gasteiger partial charge in [-0.15, -0.1) is 0 Å². The molecule has 0 spiro atoms. The SMILES string of the molecule is C[C@@H]1CC(C)(C)N(C)c2ccc(/C=C(/C#N)c3cccc(Br)c3)cc21. The summed E-state index contributed by atoms with van der Waals surface area (Å²) in [4.78, 5) is 2.37. The van der Waals surface area contributed by atoms with E-state index in [0.29, 0.717) is 11.5 Å². The average Bonchev–Trinajstić information content (AvgIpc) is 2.57. The van der Waals surface area contributed by atoms with Crippen LogP contribution in [0.3, 0.4) is 0 Å². The highest BCUT2D eigenvalue weighted by molar-refractivity contribution is 9.10. The van der Waals surface area contributed by atoms with Gasteiger partial charge in [-0.25, -0.2) is 0 Å². The Labute approximate surface area is 158 Å². The molecule has 0 bridgehead atoms. The zero-order valence-electron chi connectivity index (χ0n) is 15.2. The quantitative estimate of drug-likeness (QED) is 0.445. The summed E-state index contributed by atoms with van der Waals surface area (Å²) < 4.78 is 0.981. The highest BCUT2D eigenvalue weighted by Crippen LogP contribution is 2.42. The molecule has 1 aliphatic rings. The maximum Gasteiger partial charge on any atom is 0.0998 e. The number of allylic oxidation sites excluding steroid dienone is 1. The third kappa shape index (κ3) is 3.50. The summed E-state index contributed by atoms with van der Waals surface area (Å²) in [5, 5.41) is 9.59. The summed E-state index contributed by atoms with van der Waals surface area (Å²) >= 11 is 3.48. The van der Waals surface area contributed by atoms with Crippen LogP contribution in [0.1, 0.15) is 49.8 Å². The first-order chi connectivity index (χ1) is 11.8. The van der Waals surface area contributed by atoms with Gasteiger partial charge in [-0.1, -0.05) is 41.1 Å². The number of hydrogen-bond donors (Lipinski definition) is 0. The highest BCUT2D eigenvalue weighted by atomic mass is 79.9. The second-order valence-electron chi connectivity index (χ2n) is 7.48. The molecule has 0 N–H and O–H groups in total. The summed E-state index contributed by atoms with van der Waals surface area (Å²) in [5.41, 5.74) is 5.51. The molecule has 0 unspecified atom stereocenters. The average molecular weight is 395 g/mol. The van der Waals surface area contributed by atoms with Crippen LogP contribution in [-0.2, 0) is 0 Å². The standard InChI is InChI=1S/C22H23BrN2/c1-15-13-22(2,3)25(4)21-9-8-16(11-20(15)21)10-18(14-24)17-6-5-7-19(23)12-17/h5-12,15H,13H2,1-4H3/b18-10-/t15-/m1/s1. The van der Waals surface area contributed by atoms with Crippen molar-refractivity contribution in [2.45, 2.75) is 38.6 Å². The summed E-state index contributed by atoms with van der Waals surface area (Å²) in [6.07, 6.45) is 3.11. The number of nitrogens with zero attached hydrogens (tertiary/aromatic N) is 2. The van der Waals surface area contributed by atoms with Gasteiger partial charge in [0.1, 0.15) is 0 Å². The van der Waals surface area contributed by atoms with E-state index in [0.717, 1.165) is 22.0 Å². The fraction of sp³-hybridized carbons (Fsp3) is 0.318. The summed E-state index contributed by atoms with van der Waals surface area (Å²) in [7, 11) is 2.17. The molecule has 1 aliphatic heterocycles. The first kappa shape index (κ1) is 17.8. The van der Waals surface area contributed by atoms with E-state index in [1.54, 1.807) is 0 Å². The molecule has 128 valence electrons. The topological polar surface area (TPSA) is 27.0 Å². The van der Waals surface area contributed by atoms with Crippen LogP contribution in [0.25, 0.3) is 11.6 Å². The Morgan fingerprint density at radius 2 is 2.04 bits per heavy atom. The van der Waals surface area contributed by atoms with E-state index < -0.39 is 0 Å². The molecule has 0 saturated carbocycles. The van der Waals surface area contributed by atoms with Crippen molar-refractivity contribution in [1.29, 1.82) is 5.26 Å². The highest BCUT2D eigenvalue weighted by Gasteiger charge is 2.33. The number of benzene rings is 2. The van der Waals surface area contributed by atoms with Crippen molar-refractivity contribution in [3.63, 3.8) is 0 Å². The minimum absolute atomic E-state index is 0.165. The zero-order valence-corrected chi connectivity index (χ0v) is 16.8. The Kier molecular flexibility index (Phi) is 4.75. The number of halogens is 1. The van der Waals surface area contributed by atoms with Crippen LogP contribution >= 0.6 is 15.9 Å². The van der Waals surface area contributed by atoms with E-state index in [2.05, 4.69) is 72.9 Å². The van der Waals surface area contributed by atoms with Crippen molar-refractivity contribution in [1.82, 2.24) is 0 Å². The molecule has 3 heteroatoms. The lowest BCUT2D eigenvalue weighted by Crippen LogP contribution is -2.45. The normalized spacial score (nSPS) is 19.3. The van der Waals surface area contributed by atoms with Crippen molar-refractivity contribution in [3.8, 4) is 6.07 Å². The van der Waals surface area contributed by atoms with Gasteiger partial charge in [-0.2, -0.15) is 5.26 Å². The van der Waals surface area contributed by atoms with E-state index in [1.165, 1.54) is 11.3 Å². The van der Waals surface area contributed by atoms with Crippen molar-refractivity contribution in [2.24, 2.45) is 0 Å². The first-order valence-corrected chi connectivity index (χ1v) is 9.36. The van der Waals surface area contributed by atoms with E-state index in [-0.39, 0.29) is 5.54 Å². The Balaban J connectivity index is 2.03. The fourth-order valence-electron chi connectivity index (χ4n) is 3.69. The van der Waals surface area contributed by atoms with Crippen LogP contribution in [0, 0.1) is 11.3 Å². The van der Waals surface area contributed by atoms with Crippen LogP contribution in [-0.4, -0.2) is 12.6 Å². The number of rotatable bonds is 2. The molecule has 2 aromatic rings.